The normalized spacial score (nSPS) is 11.9. The molecule has 0 saturated heterocycles. The Hall–Kier alpha value is -2.60. The van der Waals surface area contributed by atoms with E-state index in [2.05, 4.69) is 0 Å². The lowest BCUT2D eigenvalue weighted by atomic mass is 10.0. The van der Waals surface area contributed by atoms with Gasteiger partial charge < -0.3 is 19.0 Å². The summed E-state index contributed by atoms with van der Waals surface area (Å²) in [5.41, 5.74) is 0.940. The largest absolute Gasteiger partial charge is 0.496 e. The molecule has 1 aromatic carbocycles. The molecule has 0 unspecified atom stereocenters. The summed E-state index contributed by atoms with van der Waals surface area (Å²) >= 11 is 0. The minimum absolute atomic E-state index is 0.146. The summed E-state index contributed by atoms with van der Waals surface area (Å²) in [4.78, 5) is 22.5. The Balaban J connectivity index is 2.60. The molecule has 122 valence electrons. The fourth-order valence-electron chi connectivity index (χ4n) is 2.23. The number of carbonyl (C=O) groups excluding carboxylic acids is 1. The molecule has 2 rings (SSSR count). The van der Waals surface area contributed by atoms with Gasteiger partial charge in [0.05, 0.1) is 7.11 Å². The van der Waals surface area contributed by atoms with Gasteiger partial charge in [0.25, 0.3) is 0 Å². The number of allylic oxidation sites excluding steroid dienone is 1. The van der Waals surface area contributed by atoms with Gasteiger partial charge in [-0.25, -0.2) is 4.79 Å². The first-order valence-corrected chi connectivity index (χ1v) is 6.99. The van der Waals surface area contributed by atoms with Gasteiger partial charge in [0.2, 0.25) is 0 Å². The smallest absolute Gasteiger partial charge is 0.336 e. The standard InChI is InChI=1S/C17H18O6/c1-9(2)17(22-10(3)18)16(20)12-7-11-5-6-15(19)23-13(11)8-14(12)21-4/h5-8,16,20H,1-4H3/t16-/m0/s1. The number of benzene rings is 1. The van der Waals surface area contributed by atoms with Crippen molar-refractivity contribution in [2.24, 2.45) is 0 Å². The molecule has 0 saturated carbocycles. The van der Waals surface area contributed by atoms with Crippen molar-refractivity contribution in [1.29, 1.82) is 0 Å². The number of rotatable bonds is 4. The van der Waals surface area contributed by atoms with E-state index in [1.807, 2.05) is 0 Å². The van der Waals surface area contributed by atoms with Crippen LogP contribution in [0.15, 0.2) is 44.8 Å². The van der Waals surface area contributed by atoms with Gasteiger partial charge in [0, 0.05) is 30.0 Å². The Morgan fingerprint density at radius 2 is 1.91 bits per heavy atom. The average molecular weight is 318 g/mol. The van der Waals surface area contributed by atoms with Gasteiger partial charge in [-0.1, -0.05) is 0 Å². The molecule has 23 heavy (non-hydrogen) atoms. The van der Waals surface area contributed by atoms with Gasteiger partial charge in [-0.15, -0.1) is 0 Å². The van der Waals surface area contributed by atoms with Crippen LogP contribution >= 0.6 is 0 Å². The van der Waals surface area contributed by atoms with Crippen LogP contribution in [0.3, 0.4) is 0 Å². The summed E-state index contributed by atoms with van der Waals surface area (Å²) in [6.45, 7) is 4.73. The van der Waals surface area contributed by atoms with Crippen molar-refractivity contribution in [2.75, 3.05) is 7.11 Å². The summed E-state index contributed by atoms with van der Waals surface area (Å²) in [6.07, 6.45) is -1.19. The Morgan fingerprint density at radius 3 is 2.48 bits per heavy atom. The second kappa shape index (κ2) is 6.66. The van der Waals surface area contributed by atoms with E-state index in [-0.39, 0.29) is 5.76 Å². The topological polar surface area (TPSA) is 86.0 Å². The summed E-state index contributed by atoms with van der Waals surface area (Å²) in [5, 5.41) is 11.2. The van der Waals surface area contributed by atoms with E-state index < -0.39 is 17.7 Å². The zero-order valence-electron chi connectivity index (χ0n) is 13.4. The van der Waals surface area contributed by atoms with Gasteiger partial charge in [-0.05, 0) is 31.6 Å². The van der Waals surface area contributed by atoms with Crippen LogP contribution in [0.2, 0.25) is 0 Å². The van der Waals surface area contributed by atoms with E-state index in [4.69, 9.17) is 13.9 Å². The SMILES string of the molecule is COc1cc2oc(=O)ccc2cc1[C@H](O)C(OC(C)=O)=C(C)C. The van der Waals surface area contributed by atoms with E-state index in [1.54, 1.807) is 26.0 Å². The first-order valence-electron chi connectivity index (χ1n) is 6.99. The van der Waals surface area contributed by atoms with Crippen LogP contribution in [0, 0.1) is 0 Å². The molecule has 0 spiro atoms. The Labute approximate surface area is 132 Å². The molecule has 6 nitrogen and oxygen atoms in total. The van der Waals surface area contributed by atoms with Crippen LogP contribution in [0.5, 0.6) is 5.75 Å². The minimum Gasteiger partial charge on any atom is -0.496 e. The molecule has 0 aliphatic rings. The number of ether oxygens (including phenoxy) is 2. The number of aliphatic hydroxyl groups excluding tert-OH is 1. The molecule has 0 bridgehead atoms. The Morgan fingerprint density at radius 1 is 1.22 bits per heavy atom. The summed E-state index contributed by atoms with van der Waals surface area (Å²) < 4.78 is 15.5. The molecule has 0 amide bonds. The van der Waals surface area contributed by atoms with Crippen molar-refractivity contribution in [3.63, 3.8) is 0 Å². The second-order valence-electron chi connectivity index (χ2n) is 5.25. The van der Waals surface area contributed by atoms with E-state index in [9.17, 15) is 14.7 Å². The predicted molar refractivity (Wildman–Crippen MR) is 84.1 cm³/mol. The van der Waals surface area contributed by atoms with Gasteiger partial charge in [-0.3, -0.25) is 4.79 Å². The highest BCUT2D eigenvalue weighted by atomic mass is 16.5. The third-order valence-corrected chi connectivity index (χ3v) is 3.26. The fraction of sp³-hybridized carbons (Fsp3) is 0.294. The highest BCUT2D eigenvalue weighted by Gasteiger charge is 2.23. The van der Waals surface area contributed by atoms with Crippen LogP contribution in [0.1, 0.15) is 32.4 Å². The number of esters is 1. The van der Waals surface area contributed by atoms with Crippen molar-refractivity contribution < 1.29 is 23.8 Å². The molecule has 1 atom stereocenters. The first kappa shape index (κ1) is 16.8. The molecule has 1 N–H and O–H groups in total. The van der Waals surface area contributed by atoms with Gasteiger partial charge in [-0.2, -0.15) is 0 Å². The van der Waals surface area contributed by atoms with Crippen molar-refractivity contribution in [3.05, 3.63) is 51.6 Å². The lowest BCUT2D eigenvalue weighted by Gasteiger charge is -2.19. The number of methoxy groups -OCH3 is 1. The molecular formula is C17H18O6. The van der Waals surface area contributed by atoms with Crippen molar-refractivity contribution in [3.8, 4) is 5.75 Å². The van der Waals surface area contributed by atoms with Gasteiger partial charge in [0.15, 0.2) is 0 Å². The number of carbonyl (C=O) groups is 1. The highest BCUT2D eigenvalue weighted by molar-refractivity contribution is 5.79. The summed E-state index contributed by atoms with van der Waals surface area (Å²) in [7, 11) is 1.44. The van der Waals surface area contributed by atoms with Gasteiger partial charge in [0.1, 0.15) is 23.2 Å². The number of hydrogen-bond donors (Lipinski definition) is 1. The molecule has 0 radical (unpaired) electrons. The molecule has 6 heteroatoms. The van der Waals surface area contributed by atoms with Crippen molar-refractivity contribution >= 4 is 16.9 Å². The Kier molecular flexibility index (Phi) is 4.86. The number of aliphatic hydroxyl groups is 1. The van der Waals surface area contributed by atoms with Crippen molar-refractivity contribution in [1.82, 2.24) is 0 Å². The molecule has 1 heterocycles. The molecular weight excluding hydrogens is 300 g/mol. The van der Waals surface area contributed by atoms with Crippen molar-refractivity contribution in [2.45, 2.75) is 26.9 Å². The van der Waals surface area contributed by atoms with Crippen LogP contribution in [0.25, 0.3) is 11.0 Å². The van der Waals surface area contributed by atoms with E-state index in [1.165, 1.54) is 26.2 Å². The van der Waals surface area contributed by atoms with E-state index in [0.717, 1.165) is 0 Å². The number of hydrogen-bond acceptors (Lipinski definition) is 6. The highest BCUT2D eigenvalue weighted by Crippen LogP contribution is 2.35. The van der Waals surface area contributed by atoms with E-state index >= 15 is 0 Å². The van der Waals surface area contributed by atoms with Crippen LogP contribution < -0.4 is 10.4 Å². The molecule has 0 aliphatic heterocycles. The zero-order chi connectivity index (χ0) is 17.1. The molecule has 1 aromatic heterocycles. The molecule has 2 aromatic rings. The third kappa shape index (κ3) is 3.60. The quantitative estimate of drug-likeness (QED) is 0.530. The third-order valence-electron chi connectivity index (χ3n) is 3.26. The lowest BCUT2D eigenvalue weighted by molar-refractivity contribution is -0.138. The summed E-state index contributed by atoms with van der Waals surface area (Å²) in [6, 6.07) is 6.03. The van der Waals surface area contributed by atoms with Gasteiger partial charge >= 0.3 is 11.6 Å². The molecule has 0 aliphatic carbocycles. The van der Waals surface area contributed by atoms with Crippen LogP contribution in [0.4, 0.5) is 0 Å². The van der Waals surface area contributed by atoms with E-state index in [0.29, 0.717) is 27.9 Å². The fourth-order valence-corrected chi connectivity index (χ4v) is 2.23. The first-order chi connectivity index (χ1) is 10.8. The summed E-state index contributed by atoms with van der Waals surface area (Å²) in [5.74, 6) is -0.0520. The molecule has 0 fully saturated rings. The second-order valence-corrected chi connectivity index (χ2v) is 5.25. The maximum absolute atomic E-state index is 11.3. The zero-order valence-corrected chi connectivity index (χ0v) is 13.4. The predicted octanol–water partition coefficient (Wildman–Crippen LogP) is 2.69. The minimum atomic E-state index is -1.19. The van der Waals surface area contributed by atoms with Crippen LogP contribution in [-0.4, -0.2) is 18.2 Å². The van der Waals surface area contributed by atoms with Crippen LogP contribution in [-0.2, 0) is 9.53 Å². The average Bonchev–Trinajstić information content (AvgIpc) is 2.50. The monoisotopic (exact) mass is 318 g/mol. The maximum atomic E-state index is 11.3. The lowest BCUT2D eigenvalue weighted by Crippen LogP contribution is -2.11. The Bertz CT molecular complexity index is 827. The maximum Gasteiger partial charge on any atom is 0.336 e. The number of fused-ring (bicyclic) bond motifs is 1.